The van der Waals surface area contributed by atoms with E-state index in [0.717, 1.165) is 59.6 Å². The lowest BCUT2D eigenvalue weighted by molar-refractivity contribution is 0.0697. The summed E-state index contributed by atoms with van der Waals surface area (Å²) in [5.74, 6) is -0.0874. The third kappa shape index (κ3) is 15.3. The summed E-state index contributed by atoms with van der Waals surface area (Å²) in [6.45, 7) is 13.3. The molecule has 57 heavy (non-hydrogen) atoms. The van der Waals surface area contributed by atoms with Crippen molar-refractivity contribution in [3.63, 3.8) is 0 Å². The molecule has 0 fully saturated rings. The lowest BCUT2D eigenvalue weighted by atomic mass is 9.90. The van der Waals surface area contributed by atoms with Crippen molar-refractivity contribution in [2.75, 3.05) is 31.1 Å². The van der Waals surface area contributed by atoms with Crippen molar-refractivity contribution in [1.82, 2.24) is 4.58 Å². The molecule has 2 aromatic rings. The Morgan fingerprint density at radius 1 is 0.561 bits per heavy atom. The summed E-state index contributed by atoms with van der Waals surface area (Å²) in [6.07, 6.45) is 30.8. The van der Waals surface area contributed by atoms with Crippen molar-refractivity contribution < 1.29 is 14.3 Å². The molecule has 5 nitrogen and oxygen atoms in total. The number of hydrogen-bond acceptors (Lipinski definition) is 3. The van der Waals surface area contributed by atoms with E-state index in [1.54, 1.807) is 6.07 Å². The van der Waals surface area contributed by atoms with E-state index in [1.807, 2.05) is 18.2 Å². The molecule has 0 aromatic heterocycles. The molecular formula is C52H79N2O3+. The zero-order valence-electron chi connectivity index (χ0n) is 36.7. The van der Waals surface area contributed by atoms with Gasteiger partial charge in [-0.25, -0.2) is 9.37 Å². The van der Waals surface area contributed by atoms with E-state index >= 15 is 0 Å². The Morgan fingerprint density at radius 2 is 1.07 bits per heavy atom. The molecule has 0 saturated heterocycles. The monoisotopic (exact) mass is 780 g/mol. The summed E-state index contributed by atoms with van der Waals surface area (Å²) >= 11 is 0. The van der Waals surface area contributed by atoms with Crippen LogP contribution in [0.3, 0.4) is 0 Å². The highest BCUT2D eigenvalue weighted by atomic mass is 16.4. The zero-order valence-corrected chi connectivity index (χ0v) is 36.7. The molecule has 0 unspecified atom stereocenters. The van der Waals surface area contributed by atoms with E-state index in [1.165, 1.54) is 165 Å². The van der Waals surface area contributed by atoms with Crippen LogP contribution in [0, 0.1) is 0 Å². The van der Waals surface area contributed by atoms with Gasteiger partial charge in [0.25, 0.3) is 0 Å². The minimum absolute atomic E-state index is 0.319. The van der Waals surface area contributed by atoms with Gasteiger partial charge in [-0.3, -0.25) is 0 Å². The maximum atomic E-state index is 12.7. The van der Waals surface area contributed by atoms with Gasteiger partial charge in [0, 0.05) is 60.3 Å². The first kappa shape index (κ1) is 46.1. The second-order valence-electron chi connectivity index (χ2n) is 16.7. The summed E-state index contributed by atoms with van der Waals surface area (Å²) in [7, 11) is 0. The van der Waals surface area contributed by atoms with Gasteiger partial charge in [0.05, 0.1) is 11.6 Å². The summed E-state index contributed by atoms with van der Waals surface area (Å²) in [5, 5.41) is 12.5. The average molecular weight is 780 g/mol. The highest BCUT2D eigenvalue weighted by Gasteiger charge is 2.23. The molecule has 4 rings (SSSR count). The normalized spacial score (nSPS) is 11.5. The first-order valence-corrected chi connectivity index (χ1v) is 23.7. The van der Waals surface area contributed by atoms with Crippen LogP contribution in [0.1, 0.15) is 192 Å². The fraction of sp³-hybridized carbons (Fsp3) is 0.615. The van der Waals surface area contributed by atoms with Crippen LogP contribution in [0.2, 0.25) is 0 Å². The number of unbranched alkanes of at least 4 members (excludes halogenated alkanes) is 20. The summed E-state index contributed by atoms with van der Waals surface area (Å²) < 4.78 is 9.56. The van der Waals surface area contributed by atoms with Gasteiger partial charge in [0.1, 0.15) is 24.4 Å². The van der Waals surface area contributed by atoms with Gasteiger partial charge in [-0.2, -0.15) is 0 Å². The number of nitrogens with zero attached hydrogens (tertiary/aromatic N) is 2. The number of carbonyl (C=O) groups is 1. The molecule has 0 bridgehead atoms. The van der Waals surface area contributed by atoms with Crippen molar-refractivity contribution >= 4 is 22.6 Å². The molecular weight excluding hydrogens is 701 g/mol. The van der Waals surface area contributed by atoms with Crippen LogP contribution >= 0.6 is 0 Å². The van der Waals surface area contributed by atoms with Gasteiger partial charge in [0.15, 0.2) is 0 Å². The summed E-state index contributed by atoms with van der Waals surface area (Å²) in [6, 6.07) is 20.8. The molecule has 1 aliphatic heterocycles. The Bertz CT molecular complexity index is 1720. The van der Waals surface area contributed by atoms with E-state index in [9.17, 15) is 9.90 Å². The quantitative estimate of drug-likeness (QED) is 0.0314. The van der Waals surface area contributed by atoms with Crippen molar-refractivity contribution in [2.24, 2.45) is 0 Å². The predicted octanol–water partition coefficient (Wildman–Crippen LogP) is 14.9. The second kappa shape index (κ2) is 27.2. The molecule has 0 atom stereocenters. The second-order valence-corrected chi connectivity index (χ2v) is 16.7. The number of hydrogen-bond donors (Lipinski definition) is 1. The van der Waals surface area contributed by atoms with Crippen LogP contribution in [-0.2, 0) is 0 Å². The summed E-state index contributed by atoms with van der Waals surface area (Å²) in [5.41, 5.74) is 4.99. The molecule has 0 amide bonds. The largest absolute Gasteiger partial charge is 0.478 e. The smallest absolute Gasteiger partial charge is 0.336 e. The standard InChI is InChI=1S/C52H78N2O3/c1-5-9-13-17-21-27-37-53(38-28-22-18-14-10-6-2)43-33-35-47-49(41-43)57-50-42-44(34-36-48(50)51(47)45-31-25-26-32-46(45)52(55)56)54(39-29-23-19-15-11-7-3)40-30-24-20-16-12-8-4/h25-26,31-36,41-42H,5-24,27-30,37-40H2,1-4H3/p+1. The van der Waals surface area contributed by atoms with Crippen LogP contribution < -0.4 is 14.8 Å². The van der Waals surface area contributed by atoms with Gasteiger partial charge in [-0.1, -0.05) is 161 Å². The number of carboxylic acids is 1. The Labute approximate surface area is 347 Å². The molecule has 314 valence electrons. The molecule has 2 aromatic carbocycles. The molecule has 5 heteroatoms. The van der Waals surface area contributed by atoms with E-state index in [-0.39, 0.29) is 0 Å². The fourth-order valence-corrected chi connectivity index (χ4v) is 8.51. The van der Waals surface area contributed by atoms with Crippen molar-refractivity contribution in [1.29, 1.82) is 0 Å². The zero-order chi connectivity index (χ0) is 40.5. The molecule has 1 N–H and O–H groups in total. The average Bonchev–Trinajstić information content (AvgIpc) is 3.22. The topological polar surface area (TPSA) is 56.7 Å². The van der Waals surface area contributed by atoms with Gasteiger partial charge in [-0.15, -0.1) is 0 Å². The maximum Gasteiger partial charge on any atom is 0.336 e. The number of carboxylic acid groups (broad SMARTS) is 1. The van der Waals surface area contributed by atoms with E-state index in [4.69, 9.17) is 4.42 Å². The number of benzene rings is 3. The van der Waals surface area contributed by atoms with Gasteiger partial charge in [0.2, 0.25) is 5.36 Å². The molecule has 0 saturated carbocycles. The van der Waals surface area contributed by atoms with E-state index < -0.39 is 5.97 Å². The number of aromatic carboxylic acids is 1. The van der Waals surface area contributed by atoms with Gasteiger partial charge in [-0.05, 0) is 55.5 Å². The minimum Gasteiger partial charge on any atom is -0.478 e. The SMILES string of the molecule is CCCCCCCCN(CCCCCCCC)c1ccc2c(-c3ccccc3C(=O)O)c3ccc(=[N+](CCCCCCCC)CCCCCCCC)cc-3oc2c1. The lowest BCUT2D eigenvalue weighted by Gasteiger charge is -2.26. The minimum atomic E-state index is -0.908. The van der Waals surface area contributed by atoms with Crippen LogP contribution in [0.15, 0.2) is 65.1 Å². The Hall–Kier alpha value is -3.60. The van der Waals surface area contributed by atoms with Gasteiger partial charge < -0.3 is 14.4 Å². The number of anilines is 1. The van der Waals surface area contributed by atoms with Crippen LogP contribution in [0.25, 0.3) is 33.4 Å². The van der Waals surface area contributed by atoms with E-state index in [2.05, 4.69) is 73.6 Å². The number of fused-ring (bicyclic) bond motifs is 2. The van der Waals surface area contributed by atoms with Crippen molar-refractivity contribution in [3.05, 3.63) is 71.6 Å². The molecule has 2 aliphatic rings. The molecule has 0 spiro atoms. The first-order valence-electron chi connectivity index (χ1n) is 23.7. The predicted molar refractivity (Wildman–Crippen MR) is 246 cm³/mol. The Morgan fingerprint density at radius 3 is 1.61 bits per heavy atom. The number of rotatable bonds is 31. The first-order chi connectivity index (χ1) is 28.0. The van der Waals surface area contributed by atoms with Crippen LogP contribution in [0.5, 0.6) is 0 Å². The molecule has 1 heterocycles. The highest BCUT2D eigenvalue weighted by molar-refractivity contribution is 6.07. The highest BCUT2D eigenvalue weighted by Crippen LogP contribution is 2.42. The summed E-state index contributed by atoms with van der Waals surface area (Å²) in [4.78, 5) is 15.2. The van der Waals surface area contributed by atoms with Gasteiger partial charge >= 0.3 is 5.97 Å². The maximum absolute atomic E-state index is 12.7. The third-order valence-corrected chi connectivity index (χ3v) is 12.0. The van der Waals surface area contributed by atoms with E-state index in [0.29, 0.717) is 5.56 Å². The van der Waals surface area contributed by atoms with Crippen LogP contribution in [-0.4, -0.2) is 37.3 Å². The Kier molecular flexibility index (Phi) is 22.0. The fourth-order valence-electron chi connectivity index (χ4n) is 8.51. The third-order valence-electron chi connectivity index (χ3n) is 12.0. The van der Waals surface area contributed by atoms with Crippen molar-refractivity contribution in [3.8, 4) is 22.5 Å². The van der Waals surface area contributed by atoms with Crippen LogP contribution in [0.4, 0.5) is 5.69 Å². The lowest BCUT2D eigenvalue weighted by Crippen LogP contribution is -2.32. The molecule has 1 aliphatic carbocycles. The van der Waals surface area contributed by atoms with Crippen molar-refractivity contribution in [2.45, 2.75) is 182 Å². The Balaban J connectivity index is 1.78. The molecule has 0 radical (unpaired) electrons.